The number of amides is 1. The normalized spacial score (nSPS) is 11.5. The summed E-state index contributed by atoms with van der Waals surface area (Å²) in [7, 11) is 0. The van der Waals surface area contributed by atoms with Gasteiger partial charge in [0.15, 0.2) is 0 Å². The Morgan fingerprint density at radius 2 is 2.20 bits per heavy atom. The molecular weight excluding hydrogens is 190 g/mol. The Morgan fingerprint density at radius 3 is 2.80 bits per heavy atom. The van der Waals surface area contributed by atoms with Crippen molar-refractivity contribution in [3.63, 3.8) is 0 Å². The Hall–Kier alpha value is -1.77. The monoisotopic (exact) mass is 205 g/mol. The Morgan fingerprint density at radius 1 is 1.53 bits per heavy atom. The van der Waals surface area contributed by atoms with Gasteiger partial charge >= 0.3 is 6.09 Å². The molecule has 1 N–H and O–H groups in total. The summed E-state index contributed by atoms with van der Waals surface area (Å²) in [6.07, 6.45) is 1.11. The number of carbonyl (C=O) groups is 1. The summed E-state index contributed by atoms with van der Waals surface area (Å²) in [5, 5.41) is 2.72. The lowest BCUT2D eigenvalue weighted by molar-refractivity contribution is 0.155. The molecule has 0 saturated carbocycles. The Kier molecular flexibility index (Phi) is 4.41. The number of rotatable bonds is 4. The number of carbonyl (C=O) groups excluding carboxylic acids is 1. The molecule has 1 atom stereocenters. The third-order valence-electron chi connectivity index (χ3n) is 1.97. The number of benzene rings is 1. The molecule has 15 heavy (non-hydrogen) atoms. The van der Waals surface area contributed by atoms with Gasteiger partial charge in [-0.3, -0.25) is 0 Å². The zero-order valence-electron chi connectivity index (χ0n) is 8.77. The van der Waals surface area contributed by atoms with Gasteiger partial charge in [-0.15, -0.1) is 0 Å². The van der Waals surface area contributed by atoms with Crippen LogP contribution in [0.3, 0.4) is 0 Å². The Balaban J connectivity index is 2.45. The molecule has 0 fully saturated rings. The maximum Gasteiger partial charge on any atom is 0.407 e. The molecule has 3 nitrogen and oxygen atoms in total. The van der Waals surface area contributed by atoms with E-state index in [4.69, 9.17) is 4.74 Å². The van der Waals surface area contributed by atoms with Crippen LogP contribution in [0.2, 0.25) is 0 Å². The molecule has 3 heteroatoms. The molecule has 0 aliphatic carbocycles. The molecular formula is C12H15NO2. The van der Waals surface area contributed by atoms with Crippen LogP contribution in [0.25, 0.3) is 0 Å². The summed E-state index contributed by atoms with van der Waals surface area (Å²) < 4.78 is 4.82. The number of hydrogen-bond donors (Lipinski definition) is 1. The minimum absolute atomic E-state index is 0.0523. The molecule has 0 aromatic heterocycles. The van der Waals surface area contributed by atoms with Crippen molar-refractivity contribution in [3.05, 3.63) is 48.6 Å². The number of alkyl carbamates (subject to hydrolysis) is 1. The quantitative estimate of drug-likeness (QED) is 0.767. The third-order valence-corrected chi connectivity index (χ3v) is 1.97. The van der Waals surface area contributed by atoms with Crippen molar-refractivity contribution in [1.82, 2.24) is 5.32 Å². The van der Waals surface area contributed by atoms with Crippen LogP contribution in [0.5, 0.6) is 0 Å². The number of hydrogen-bond acceptors (Lipinski definition) is 2. The van der Waals surface area contributed by atoms with Crippen LogP contribution in [0.4, 0.5) is 4.79 Å². The second-order valence-corrected chi connectivity index (χ2v) is 3.16. The zero-order valence-corrected chi connectivity index (χ0v) is 8.77. The lowest BCUT2D eigenvalue weighted by Gasteiger charge is -2.13. The van der Waals surface area contributed by atoms with Crippen LogP contribution in [0, 0.1) is 0 Å². The van der Waals surface area contributed by atoms with Gasteiger partial charge in [0, 0.05) is 0 Å². The van der Waals surface area contributed by atoms with E-state index in [-0.39, 0.29) is 12.6 Å². The van der Waals surface area contributed by atoms with Gasteiger partial charge in [-0.1, -0.05) is 43.0 Å². The van der Waals surface area contributed by atoms with E-state index in [2.05, 4.69) is 11.9 Å². The molecule has 0 heterocycles. The highest BCUT2D eigenvalue weighted by atomic mass is 16.5. The van der Waals surface area contributed by atoms with Crippen molar-refractivity contribution < 1.29 is 9.53 Å². The van der Waals surface area contributed by atoms with Gasteiger partial charge in [-0.05, 0) is 12.5 Å². The maximum absolute atomic E-state index is 11.2. The van der Waals surface area contributed by atoms with Gasteiger partial charge in [-0.2, -0.15) is 0 Å². The van der Waals surface area contributed by atoms with Gasteiger partial charge in [0.1, 0.15) is 6.61 Å². The third kappa shape index (κ3) is 3.85. The molecule has 1 rings (SSSR count). The first kappa shape index (κ1) is 11.3. The van der Waals surface area contributed by atoms with Gasteiger partial charge in [-0.25, -0.2) is 4.79 Å². The van der Waals surface area contributed by atoms with E-state index >= 15 is 0 Å². The Labute approximate surface area is 89.8 Å². The van der Waals surface area contributed by atoms with E-state index in [1.807, 2.05) is 37.3 Å². The average Bonchev–Trinajstić information content (AvgIpc) is 2.27. The van der Waals surface area contributed by atoms with Crippen molar-refractivity contribution in [2.75, 3.05) is 6.61 Å². The smallest absolute Gasteiger partial charge is 0.407 e. The average molecular weight is 205 g/mol. The zero-order chi connectivity index (χ0) is 11.1. The molecule has 1 amide bonds. The minimum atomic E-state index is -0.425. The highest BCUT2D eigenvalue weighted by molar-refractivity contribution is 5.67. The topological polar surface area (TPSA) is 38.3 Å². The molecule has 0 saturated heterocycles. The second kappa shape index (κ2) is 5.86. The van der Waals surface area contributed by atoms with Crippen molar-refractivity contribution in [2.24, 2.45) is 0 Å². The molecule has 0 unspecified atom stereocenters. The van der Waals surface area contributed by atoms with Gasteiger partial charge in [0.25, 0.3) is 0 Å². The summed E-state index contributed by atoms with van der Waals surface area (Å²) >= 11 is 0. The predicted octanol–water partition coefficient (Wildman–Crippen LogP) is 2.66. The van der Waals surface area contributed by atoms with E-state index in [1.54, 1.807) is 0 Å². The maximum atomic E-state index is 11.2. The lowest BCUT2D eigenvalue weighted by Crippen LogP contribution is -2.27. The first-order chi connectivity index (χ1) is 7.24. The second-order valence-electron chi connectivity index (χ2n) is 3.16. The summed E-state index contributed by atoms with van der Waals surface area (Å²) in [6.45, 7) is 5.60. The van der Waals surface area contributed by atoms with Crippen molar-refractivity contribution in [3.8, 4) is 0 Å². The molecule has 80 valence electrons. The van der Waals surface area contributed by atoms with E-state index in [0.29, 0.717) is 0 Å². The standard InChI is InChI=1S/C12H15NO2/c1-3-9-15-12(14)13-10(2)11-7-5-4-6-8-11/h3-8,10H,1,9H2,2H3,(H,13,14)/t10-/m1/s1. The summed E-state index contributed by atoms with van der Waals surface area (Å²) in [6, 6.07) is 9.66. The van der Waals surface area contributed by atoms with Crippen molar-refractivity contribution in [1.29, 1.82) is 0 Å². The SMILES string of the molecule is C=CCOC(=O)N[C@H](C)c1ccccc1. The molecule has 1 aromatic carbocycles. The largest absolute Gasteiger partial charge is 0.445 e. The van der Waals surface area contributed by atoms with E-state index in [9.17, 15) is 4.79 Å². The fourth-order valence-corrected chi connectivity index (χ4v) is 1.18. The Bertz CT molecular complexity index is 322. The number of ether oxygens (including phenoxy) is 1. The van der Waals surface area contributed by atoms with Crippen LogP contribution in [-0.4, -0.2) is 12.7 Å². The molecule has 0 radical (unpaired) electrons. The molecule has 0 aliphatic heterocycles. The first-order valence-electron chi connectivity index (χ1n) is 4.83. The van der Waals surface area contributed by atoms with Crippen molar-refractivity contribution >= 4 is 6.09 Å². The van der Waals surface area contributed by atoms with E-state index in [0.717, 1.165) is 5.56 Å². The lowest BCUT2D eigenvalue weighted by atomic mass is 10.1. The number of nitrogens with one attached hydrogen (secondary N) is 1. The van der Waals surface area contributed by atoms with Gasteiger partial charge in [0.05, 0.1) is 6.04 Å². The summed E-state index contributed by atoms with van der Waals surface area (Å²) in [4.78, 5) is 11.2. The van der Waals surface area contributed by atoms with Gasteiger partial charge < -0.3 is 10.1 Å². The summed E-state index contributed by atoms with van der Waals surface area (Å²) in [5.41, 5.74) is 1.05. The van der Waals surface area contributed by atoms with Crippen molar-refractivity contribution in [2.45, 2.75) is 13.0 Å². The van der Waals surface area contributed by atoms with Crippen LogP contribution < -0.4 is 5.32 Å². The van der Waals surface area contributed by atoms with Crippen LogP contribution >= 0.6 is 0 Å². The van der Waals surface area contributed by atoms with Crippen LogP contribution in [-0.2, 0) is 4.74 Å². The van der Waals surface area contributed by atoms with Gasteiger partial charge in [0.2, 0.25) is 0 Å². The minimum Gasteiger partial charge on any atom is -0.445 e. The molecule has 1 aromatic rings. The van der Waals surface area contributed by atoms with E-state index in [1.165, 1.54) is 6.08 Å². The fraction of sp³-hybridized carbons (Fsp3) is 0.250. The summed E-state index contributed by atoms with van der Waals surface area (Å²) in [5.74, 6) is 0. The molecule has 0 spiro atoms. The highest BCUT2D eigenvalue weighted by Crippen LogP contribution is 2.10. The molecule has 0 aliphatic rings. The van der Waals surface area contributed by atoms with E-state index < -0.39 is 6.09 Å². The van der Waals surface area contributed by atoms with Crippen LogP contribution in [0.1, 0.15) is 18.5 Å². The first-order valence-corrected chi connectivity index (χ1v) is 4.83. The molecule has 0 bridgehead atoms. The van der Waals surface area contributed by atoms with Crippen LogP contribution in [0.15, 0.2) is 43.0 Å². The predicted molar refractivity (Wildman–Crippen MR) is 59.5 cm³/mol. The highest BCUT2D eigenvalue weighted by Gasteiger charge is 2.08. The fourth-order valence-electron chi connectivity index (χ4n) is 1.18.